The van der Waals surface area contributed by atoms with Crippen molar-refractivity contribution in [3.63, 3.8) is 0 Å². The summed E-state index contributed by atoms with van der Waals surface area (Å²) in [6.45, 7) is 8.44. The molecule has 2 aromatic rings. The van der Waals surface area contributed by atoms with E-state index >= 15 is 0 Å². The molecule has 0 saturated carbocycles. The number of hydrogen-bond acceptors (Lipinski definition) is 4. The van der Waals surface area contributed by atoms with E-state index in [1.807, 2.05) is 4.90 Å². The topological polar surface area (TPSA) is 64.3 Å². The van der Waals surface area contributed by atoms with Crippen LogP contribution in [0.15, 0.2) is 30.3 Å². The first-order chi connectivity index (χ1) is 13.2. The van der Waals surface area contributed by atoms with Gasteiger partial charge in [-0.1, -0.05) is 30.3 Å². The number of carbonyl (C=O) groups is 1. The van der Waals surface area contributed by atoms with Crippen molar-refractivity contribution in [2.45, 2.75) is 32.9 Å². The molecule has 29 heavy (non-hydrogen) atoms. The fraction of sp³-hybridized carbons (Fsp3) is 0.524. The number of nitrogens with one attached hydrogen (secondary N) is 2. The van der Waals surface area contributed by atoms with Crippen LogP contribution in [0.5, 0.6) is 0 Å². The molecule has 160 valence electrons. The number of H-pyrrole nitrogens is 1. The smallest absolute Gasteiger partial charge is 0.274 e. The van der Waals surface area contributed by atoms with Crippen LogP contribution < -0.4 is 5.32 Å². The number of nitrogens with zero attached hydrogens (tertiary/aromatic N) is 3. The summed E-state index contributed by atoms with van der Waals surface area (Å²) < 4.78 is 0. The van der Waals surface area contributed by atoms with Crippen LogP contribution in [-0.2, 0) is 19.5 Å². The number of hydrogen-bond donors (Lipinski definition) is 2. The molecule has 4 rings (SSSR count). The number of aromatic amines is 1. The van der Waals surface area contributed by atoms with E-state index in [0.717, 1.165) is 69.9 Å². The van der Waals surface area contributed by atoms with Gasteiger partial charge in [-0.2, -0.15) is 5.10 Å². The van der Waals surface area contributed by atoms with Crippen molar-refractivity contribution in [3.8, 4) is 0 Å². The SMILES string of the molecule is CCN(CC1CCN(Cc2ccccc2)C1)C(=O)c1n[nH]c2c1CNCC2.Cl.Cl. The number of benzene rings is 1. The lowest BCUT2D eigenvalue weighted by Crippen LogP contribution is -2.37. The highest BCUT2D eigenvalue weighted by Crippen LogP contribution is 2.22. The summed E-state index contributed by atoms with van der Waals surface area (Å²) in [5.41, 5.74) is 4.14. The fourth-order valence-electron chi connectivity index (χ4n) is 4.27. The average molecular weight is 440 g/mol. The molecule has 2 aliphatic rings. The van der Waals surface area contributed by atoms with Gasteiger partial charge in [0, 0.05) is 56.9 Å². The predicted octanol–water partition coefficient (Wildman–Crippen LogP) is 2.88. The standard InChI is InChI=1S/C21H29N5O.2ClH/c1-2-26(21(27)20-18-12-22-10-8-19(18)23-24-20)15-17-9-11-25(14-17)13-16-6-4-3-5-7-16;;/h3-7,17,22H,2,8-15H2,1H3,(H,23,24);2*1H. The lowest BCUT2D eigenvalue weighted by molar-refractivity contribution is 0.0731. The Labute approximate surface area is 185 Å². The van der Waals surface area contributed by atoms with Crippen LogP contribution >= 0.6 is 24.8 Å². The number of fused-ring (bicyclic) bond motifs is 1. The Morgan fingerprint density at radius 2 is 2.07 bits per heavy atom. The largest absolute Gasteiger partial charge is 0.337 e. The van der Waals surface area contributed by atoms with E-state index in [1.54, 1.807) is 0 Å². The van der Waals surface area contributed by atoms with Gasteiger partial charge in [0.25, 0.3) is 5.91 Å². The number of amides is 1. The van der Waals surface area contributed by atoms with Crippen LogP contribution in [0.3, 0.4) is 0 Å². The van der Waals surface area contributed by atoms with Crippen molar-refractivity contribution < 1.29 is 4.79 Å². The second kappa shape index (κ2) is 11.0. The lowest BCUT2D eigenvalue weighted by Gasteiger charge is -2.25. The molecule has 1 amide bonds. The van der Waals surface area contributed by atoms with Crippen molar-refractivity contribution in [2.75, 3.05) is 32.7 Å². The highest BCUT2D eigenvalue weighted by Gasteiger charge is 2.29. The van der Waals surface area contributed by atoms with Gasteiger partial charge in [-0.15, -0.1) is 24.8 Å². The Bertz CT molecular complexity index is 783. The normalized spacial score (nSPS) is 18.4. The Morgan fingerprint density at radius 1 is 1.28 bits per heavy atom. The molecule has 0 bridgehead atoms. The molecule has 2 N–H and O–H groups in total. The molecule has 1 atom stereocenters. The summed E-state index contributed by atoms with van der Waals surface area (Å²) in [4.78, 5) is 17.5. The van der Waals surface area contributed by atoms with Gasteiger partial charge >= 0.3 is 0 Å². The Balaban J connectivity index is 0.00000150. The molecule has 1 aromatic heterocycles. The quantitative estimate of drug-likeness (QED) is 0.725. The van der Waals surface area contributed by atoms with Gasteiger partial charge in [0.2, 0.25) is 0 Å². The molecule has 2 aliphatic heterocycles. The number of rotatable bonds is 6. The van der Waals surface area contributed by atoms with Crippen LogP contribution in [0.25, 0.3) is 0 Å². The maximum Gasteiger partial charge on any atom is 0.274 e. The summed E-state index contributed by atoms with van der Waals surface area (Å²) in [6, 6.07) is 10.6. The van der Waals surface area contributed by atoms with Crippen LogP contribution in [-0.4, -0.2) is 58.6 Å². The van der Waals surface area contributed by atoms with E-state index in [1.165, 1.54) is 5.56 Å². The monoisotopic (exact) mass is 439 g/mol. The summed E-state index contributed by atoms with van der Waals surface area (Å²) >= 11 is 0. The van der Waals surface area contributed by atoms with Gasteiger partial charge in [0.05, 0.1) is 0 Å². The van der Waals surface area contributed by atoms with Crippen molar-refractivity contribution >= 4 is 30.7 Å². The van der Waals surface area contributed by atoms with Gasteiger partial charge < -0.3 is 10.2 Å². The van der Waals surface area contributed by atoms with Crippen molar-refractivity contribution in [2.24, 2.45) is 5.92 Å². The summed E-state index contributed by atoms with van der Waals surface area (Å²) in [6.07, 6.45) is 2.07. The van der Waals surface area contributed by atoms with Gasteiger partial charge in [0.1, 0.15) is 0 Å². The maximum atomic E-state index is 13.1. The van der Waals surface area contributed by atoms with E-state index in [0.29, 0.717) is 11.6 Å². The van der Waals surface area contributed by atoms with E-state index < -0.39 is 0 Å². The minimum atomic E-state index is 0. The molecule has 0 radical (unpaired) electrons. The Morgan fingerprint density at radius 3 is 2.83 bits per heavy atom. The van der Waals surface area contributed by atoms with Gasteiger partial charge in [-0.05, 0) is 31.4 Å². The lowest BCUT2D eigenvalue weighted by atomic mass is 10.1. The van der Waals surface area contributed by atoms with Gasteiger partial charge in [0.15, 0.2) is 5.69 Å². The maximum absolute atomic E-state index is 13.1. The molecule has 1 aromatic carbocycles. The molecule has 0 aliphatic carbocycles. The van der Waals surface area contributed by atoms with Crippen LogP contribution in [0.2, 0.25) is 0 Å². The third-order valence-electron chi connectivity index (χ3n) is 5.78. The average Bonchev–Trinajstić information content (AvgIpc) is 3.33. The first-order valence-electron chi connectivity index (χ1n) is 10.1. The summed E-state index contributed by atoms with van der Waals surface area (Å²) in [7, 11) is 0. The second-order valence-corrected chi connectivity index (χ2v) is 7.68. The molecule has 1 fully saturated rings. The predicted molar refractivity (Wildman–Crippen MR) is 120 cm³/mol. The zero-order valence-corrected chi connectivity index (χ0v) is 18.5. The van der Waals surface area contributed by atoms with Crippen LogP contribution in [0.4, 0.5) is 0 Å². The van der Waals surface area contributed by atoms with Gasteiger partial charge in [-0.25, -0.2) is 0 Å². The minimum Gasteiger partial charge on any atom is -0.337 e. The summed E-state index contributed by atoms with van der Waals surface area (Å²) in [5.74, 6) is 0.603. The van der Waals surface area contributed by atoms with E-state index in [9.17, 15) is 4.79 Å². The molecule has 1 saturated heterocycles. The Kier molecular flexibility index (Phi) is 8.96. The molecular weight excluding hydrogens is 409 g/mol. The third-order valence-corrected chi connectivity index (χ3v) is 5.78. The number of aromatic nitrogens is 2. The van der Waals surface area contributed by atoms with Crippen LogP contribution in [0.1, 0.15) is 40.7 Å². The fourth-order valence-corrected chi connectivity index (χ4v) is 4.27. The molecule has 3 heterocycles. The molecule has 6 nitrogen and oxygen atoms in total. The summed E-state index contributed by atoms with van der Waals surface area (Å²) in [5, 5.41) is 10.8. The van der Waals surface area contributed by atoms with E-state index in [-0.39, 0.29) is 30.7 Å². The molecule has 8 heteroatoms. The van der Waals surface area contributed by atoms with Crippen molar-refractivity contribution in [1.29, 1.82) is 0 Å². The third kappa shape index (κ3) is 5.51. The first kappa shape index (κ1) is 23.7. The minimum absolute atomic E-state index is 0. The van der Waals surface area contributed by atoms with Crippen molar-refractivity contribution in [1.82, 2.24) is 25.3 Å². The first-order valence-corrected chi connectivity index (χ1v) is 10.1. The van der Waals surface area contributed by atoms with Crippen LogP contribution in [0, 0.1) is 5.92 Å². The zero-order chi connectivity index (χ0) is 18.6. The Hall–Kier alpha value is -1.60. The van der Waals surface area contributed by atoms with Gasteiger partial charge in [-0.3, -0.25) is 14.8 Å². The number of likely N-dealkylation sites (tertiary alicyclic amines) is 1. The zero-order valence-electron chi connectivity index (χ0n) is 16.9. The number of carbonyl (C=O) groups excluding carboxylic acids is 1. The highest BCUT2D eigenvalue weighted by atomic mass is 35.5. The van der Waals surface area contributed by atoms with Crippen molar-refractivity contribution in [3.05, 3.63) is 52.8 Å². The second-order valence-electron chi connectivity index (χ2n) is 7.68. The molecular formula is C21H31Cl2N5O. The van der Waals surface area contributed by atoms with E-state index in [2.05, 4.69) is 57.7 Å². The van der Waals surface area contributed by atoms with E-state index in [4.69, 9.17) is 0 Å². The number of halogens is 2. The highest BCUT2D eigenvalue weighted by molar-refractivity contribution is 5.94. The molecule has 0 spiro atoms. The molecule has 1 unspecified atom stereocenters.